The summed E-state index contributed by atoms with van der Waals surface area (Å²) in [6.45, 7) is 4.39. The van der Waals surface area contributed by atoms with Crippen LogP contribution < -0.4 is 15.0 Å². The van der Waals surface area contributed by atoms with Crippen LogP contribution in [-0.4, -0.2) is 69.7 Å². The highest BCUT2D eigenvalue weighted by molar-refractivity contribution is 6.35. The number of aromatic nitrogens is 4. The van der Waals surface area contributed by atoms with E-state index >= 15 is 4.39 Å². The average Bonchev–Trinajstić information content (AvgIpc) is 3.35. The molecule has 1 amide bonds. The molecular formula is C28H28Cl2FN7O2. The molecule has 40 heavy (non-hydrogen) atoms. The molecule has 1 spiro atoms. The van der Waals surface area contributed by atoms with Crippen molar-refractivity contribution >= 4 is 45.8 Å². The van der Waals surface area contributed by atoms with Crippen LogP contribution in [-0.2, 0) is 4.79 Å². The van der Waals surface area contributed by atoms with Gasteiger partial charge in [-0.1, -0.05) is 23.2 Å². The lowest BCUT2D eigenvalue weighted by atomic mass is 9.83. The van der Waals surface area contributed by atoms with Crippen molar-refractivity contribution in [1.82, 2.24) is 30.4 Å². The predicted octanol–water partition coefficient (Wildman–Crippen LogP) is 5.01. The highest BCUT2D eigenvalue weighted by atomic mass is 35.5. The summed E-state index contributed by atoms with van der Waals surface area (Å²) in [5.74, 6) is 0.478. The second-order valence-electron chi connectivity index (χ2n) is 10.3. The molecule has 5 heterocycles. The number of amides is 1. The summed E-state index contributed by atoms with van der Waals surface area (Å²) in [6, 6.07) is 6.96. The zero-order valence-corrected chi connectivity index (χ0v) is 23.6. The van der Waals surface area contributed by atoms with E-state index in [4.69, 9.17) is 27.9 Å². The van der Waals surface area contributed by atoms with Crippen LogP contribution in [0, 0.1) is 5.82 Å². The highest BCUT2D eigenvalue weighted by Gasteiger charge is 2.46. The molecule has 2 fully saturated rings. The lowest BCUT2D eigenvalue weighted by molar-refractivity contribution is -0.137. The van der Waals surface area contributed by atoms with Crippen LogP contribution in [0.1, 0.15) is 31.4 Å². The standard InChI is InChI=1S/C28H28Cl2FN7O2/c1-16(24-20(29)14-32-15-21(24)30)40-18-3-4-23-19(12-18)25(36-35-23)17-11-22(31)26(34-13-17)38-8-5-28(6-9-38)27(39)33-7-10-37(28)2/h3-4,11-16H,5-10H2,1-2H3,(H,33,39)(H,35,36)/t16-/m1/s1. The first-order valence-electron chi connectivity index (χ1n) is 13.1. The number of nitrogens with one attached hydrogen (secondary N) is 2. The number of nitrogens with zero attached hydrogens (tertiary/aromatic N) is 5. The Morgan fingerprint density at radius 1 is 1.10 bits per heavy atom. The molecule has 1 atom stereocenters. The van der Waals surface area contributed by atoms with Gasteiger partial charge in [0, 0.05) is 61.3 Å². The topological polar surface area (TPSA) is 99.3 Å². The third kappa shape index (κ3) is 4.63. The van der Waals surface area contributed by atoms with Gasteiger partial charge in [0.2, 0.25) is 5.91 Å². The predicted molar refractivity (Wildman–Crippen MR) is 152 cm³/mol. The number of carbonyl (C=O) groups excluding carboxylic acids is 1. The summed E-state index contributed by atoms with van der Waals surface area (Å²) >= 11 is 12.6. The van der Waals surface area contributed by atoms with Crippen molar-refractivity contribution in [3.05, 3.63) is 64.3 Å². The maximum absolute atomic E-state index is 15.4. The first-order valence-corrected chi connectivity index (χ1v) is 13.9. The Labute approximate surface area is 240 Å². The minimum atomic E-state index is -0.537. The van der Waals surface area contributed by atoms with E-state index in [9.17, 15) is 4.79 Å². The van der Waals surface area contributed by atoms with Crippen LogP contribution in [0.25, 0.3) is 22.2 Å². The van der Waals surface area contributed by atoms with Crippen molar-refractivity contribution in [2.45, 2.75) is 31.4 Å². The number of hydrogen-bond donors (Lipinski definition) is 2. The van der Waals surface area contributed by atoms with Crippen molar-refractivity contribution < 1.29 is 13.9 Å². The van der Waals surface area contributed by atoms with E-state index in [-0.39, 0.29) is 11.7 Å². The number of piperidine rings is 1. The fourth-order valence-electron chi connectivity index (χ4n) is 5.74. The monoisotopic (exact) mass is 583 g/mol. The van der Waals surface area contributed by atoms with Gasteiger partial charge in [-0.3, -0.25) is 19.8 Å². The van der Waals surface area contributed by atoms with Gasteiger partial charge in [0.05, 0.1) is 15.6 Å². The molecule has 9 nitrogen and oxygen atoms in total. The van der Waals surface area contributed by atoms with Crippen molar-refractivity contribution in [2.24, 2.45) is 0 Å². The van der Waals surface area contributed by atoms with Gasteiger partial charge in [0.25, 0.3) is 0 Å². The summed E-state index contributed by atoms with van der Waals surface area (Å²) in [7, 11) is 1.98. The summed E-state index contributed by atoms with van der Waals surface area (Å²) < 4.78 is 21.6. The highest BCUT2D eigenvalue weighted by Crippen LogP contribution is 2.36. The number of halogens is 3. The fraction of sp³-hybridized carbons (Fsp3) is 0.357. The van der Waals surface area contributed by atoms with E-state index in [1.807, 2.05) is 37.1 Å². The molecule has 3 aromatic heterocycles. The van der Waals surface area contributed by atoms with E-state index in [0.717, 1.165) is 17.4 Å². The van der Waals surface area contributed by atoms with Crippen LogP contribution in [0.2, 0.25) is 10.0 Å². The number of piperazine rings is 1. The van der Waals surface area contributed by atoms with Crippen LogP contribution in [0.3, 0.4) is 0 Å². The quantitative estimate of drug-likeness (QED) is 0.341. The van der Waals surface area contributed by atoms with E-state index in [0.29, 0.717) is 65.1 Å². The Hall–Kier alpha value is -3.47. The lowest BCUT2D eigenvalue weighted by Gasteiger charge is -2.48. The molecule has 0 saturated carbocycles. The van der Waals surface area contributed by atoms with Gasteiger partial charge in [0.1, 0.15) is 23.1 Å². The third-order valence-corrected chi connectivity index (χ3v) is 8.62. The fourth-order valence-corrected chi connectivity index (χ4v) is 6.41. The van der Waals surface area contributed by atoms with Gasteiger partial charge in [-0.2, -0.15) is 5.10 Å². The number of carbonyl (C=O) groups is 1. The second-order valence-corrected chi connectivity index (χ2v) is 11.1. The van der Waals surface area contributed by atoms with Gasteiger partial charge in [0.15, 0.2) is 11.6 Å². The SMILES string of the molecule is C[C@@H](Oc1ccc2[nH]nc(-c3cnc(N4CCC5(CC4)C(=O)NCCN5C)c(F)c3)c2c1)c1c(Cl)cncc1Cl. The summed E-state index contributed by atoms with van der Waals surface area (Å²) in [5.41, 5.74) is 1.98. The Morgan fingerprint density at radius 2 is 1.85 bits per heavy atom. The average molecular weight is 584 g/mol. The molecule has 0 aliphatic carbocycles. The molecule has 0 unspecified atom stereocenters. The maximum Gasteiger partial charge on any atom is 0.240 e. The number of fused-ring (bicyclic) bond motifs is 1. The molecule has 1 aromatic carbocycles. The summed E-state index contributed by atoms with van der Waals surface area (Å²) in [4.78, 5) is 25.2. The number of anilines is 1. The number of rotatable bonds is 5. The first-order chi connectivity index (χ1) is 19.3. The van der Waals surface area contributed by atoms with Crippen molar-refractivity contribution in [2.75, 3.05) is 38.1 Å². The van der Waals surface area contributed by atoms with Crippen LogP contribution in [0.4, 0.5) is 10.2 Å². The summed E-state index contributed by atoms with van der Waals surface area (Å²) in [6.07, 6.45) is 5.47. The van der Waals surface area contributed by atoms with Gasteiger partial charge in [-0.15, -0.1) is 0 Å². The number of hydrogen-bond acceptors (Lipinski definition) is 7. The Kier molecular flexibility index (Phi) is 7.02. The third-order valence-electron chi connectivity index (χ3n) is 8.02. The van der Waals surface area contributed by atoms with Crippen LogP contribution in [0.15, 0.2) is 42.9 Å². The molecule has 0 bridgehead atoms. The molecule has 2 saturated heterocycles. The van der Waals surface area contributed by atoms with Gasteiger partial charge < -0.3 is 15.0 Å². The van der Waals surface area contributed by atoms with E-state index in [1.54, 1.807) is 6.20 Å². The molecule has 2 aliphatic heterocycles. The molecular weight excluding hydrogens is 556 g/mol. The Morgan fingerprint density at radius 3 is 2.55 bits per heavy atom. The smallest absolute Gasteiger partial charge is 0.240 e. The number of likely N-dealkylation sites (N-methyl/N-ethyl adjacent to an activating group) is 1. The molecule has 2 N–H and O–H groups in total. The number of H-pyrrole nitrogens is 1. The van der Waals surface area contributed by atoms with E-state index < -0.39 is 17.5 Å². The number of pyridine rings is 2. The normalized spacial score (nSPS) is 18.2. The van der Waals surface area contributed by atoms with Crippen LogP contribution in [0.5, 0.6) is 5.75 Å². The number of ether oxygens (including phenoxy) is 1. The van der Waals surface area contributed by atoms with Gasteiger partial charge >= 0.3 is 0 Å². The minimum absolute atomic E-state index is 0.0554. The number of aromatic amines is 1. The van der Waals surface area contributed by atoms with E-state index in [1.165, 1.54) is 18.5 Å². The lowest BCUT2D eigenvalue weighted by Crippen LogP contribution is -2.67. The minimum Gasteiger partial charge on any atom is -0.486 e. The van der Waals surface area contributed by atoms with Crippen molar-refractivity contribution in [3.63, 3.8) is 0 Å². The van der Waals surface area contributed by atoms with Crippen LogP contribution >= 0.6 is 23.2 Å². The molecule has 2 aliphatic rings. The Bertz CT molecular complexity index is 1570. The second kappa shape index (κ2) is 10.5. The van der Waals surface area contributed by atoms with Crippen molar-refractivity contribution in [3.8, 4) is 17.0 Å². The maximum atomic E-state index is 15.4. The molecule has 6 rings (SSSR count). The molecule has 0 radical (unpaired) electrons. The first kappa shape index (κ1) is 26.7. The van der Waals surface area contributed by atoms with E-state index in [2.05, 4.69) is 30.4 Å². The summed E-state index contributed by atoms with van der Waals surface area (Å²) in [5, 5.41) is 12.0. The zero-order chi connectivity index (χ0) is 28.0. The van der Waals surface area contributed by atoms with Gasteiger partial charge in [-0.25, -0.2) is 9.37 Å². The Balaban J connectivity index is 1.22. The molecule has 4 aromatic rings. The van der Waals surface area contributed by atoms with Crippen molar-refractivity contribution in [1.29, 1.82) is 0 Å². The largest absolute Gasteiger partial charge is 0.486 e. The van der Waals surface area contributed by atoms with Gasteiger partial charge in [-0.05, 0) is 51.1 Å². The molecule has 12 heteroatoms. The zero-order valence-electron chi connectivity index (χ0n) is 22.0. The molecule has 208 valence electrons. The number of benzene rings is 1.